The lowest BCUT2D eigenvalue weighted by atomic mass is 10.2. The molecule has 0 spiro atoms. The standard InChI is InChI=1S/C12H11N5O3/c18-11(19)3-8-1-2-9(6-15-8)16-12(20)17-10-4-13-7-14-5-10/h1-2,4-7H,3H2,(H,18,19)(H2,16,17,20). The Labute approximate surface area is 113 Å². The number of nitrogens with zero attached hydrogens (tertiary/aromatic N) is 3. The molecule has 102 valence electrons. The number of amides is 2. The first-order valence-electron chi connectivity index (χ1n) is 5.63. The maximum Gasteiger partial charge on any atom is 0.323 e. The van der Waals surface area contributed by atoms with E-state index in [-0.39, 0.29) is 6.42 Å². The summed E-state index contributed by atoms with van der Waals surface area (Å²) in [4.78, 5) is 33.6. The van der Waals surface area contributed by atoms with Crippen LogP contribution in [0.3, 0.4) is 0 Å². The number of aliphatic carboxylic acids is 1. The first kappa shape index (κ1) is 13.4. The predicted molar refractivity (Wildman–Crippen MR) is 70.3 cm³/mol. The lowest BCUT2D eigenvalue weighted by Gasteiger charge is -2.06. The number of nitrogens with one attached hydrogen (secondary N) is 2. The Hall–Kier alpha value is -3.03. The van der Waals surface area contributed by atoms with Crippen LogP contribution >= 0.6 is 0 Å². The summed E-state index contributed by atoms with van der Waals surface area (Å²) in [5.74, 6) is -0.958. The monoisotopic (exact) mass is 273 g/mol. The Morgan fingerprint density at radius 1 is 1.05 bits per heavy atom. The van der Waals surface area contributed by atoms with Crippen LogP contribution in [0, 0.1) is 0 Å². The Morgan fingerprint density at radius 2 is 1.75 bits per heavy atom. The number of urea groups is 1. The zero-order valence-corrected chi connectivity index (χ0v) is 10.3. The van der Waals surface area contributed by atoms with Crippen LogP contribution in [-0.4, -0.2) is 32.1 Å². The van der Waals surface area contributed by atoms with Gasteiger partial charge in [-0.25, -0.2) is 14.8 Å². The fourth-order valence-corrected chi connectivity index (χ4v) is 1.42. The van der Waals surface area contributed by atoms with Crippen LogP contribution in [-0.2, 0) is 11.2 Å². The van der Waals surface area contributed by atoms with Crippen LogP contribution in [0.2, 0.25) is 0 Å². The number of aromatic nitrogens is 3. The van der Waals surface area contributed by atoms with Gasteiger partial charge in [-0.05, 0) is 12.1 Å². The van der Waals surface area contributed by atoms with Crippen LogP contribution in [0.5, 0.6) is 0 Å². The van der Waals surface area contributed by atoms with Crippen molar-refractivity contribution in [2.45, 2.75) is 6.42 Å². The summed E-state index contributed by atoms with van der Waals surface area (Å²) in [6.07, 6.45) is 5.50. The molecule has 0 fully saturated rings. The minimum atomic E-state index is -0.958. The lowest BCUT2D eigenvalue weighted by molar-refractivity contribution is -0.136. The number of rotatable bonds is 4. The highest BCUT2D eigenvalue weighted by atomic mass is 16.4. The van der Waals surface area contributed by atoms with Crippen LogP contribution in [0.15, 0.2) is 37.1 Å². The predicted octanol–water partition coefficient (Wildman–Crippen LogP) is 1.14. The smallest absolute Gasteiger partial charge is 0.323 e. The average Bonchev–Trinajstić information content (AvgIpc) is 2.41. The molecule has 0 saturated carbocycles. The van der Waals surface area contributed by atoms with Crippen molar-refractivity contribution in [1.29, 1.82) is 0 Å². The van der Waals surface area contributed by atoms with Gasteiger partial charge in [0.1, 0.15) is 6.33 Å². The van der Waals surface area contributed by atoms with Crippen molar-refractivity contribution in [3.05, 3.63) is 42.7 Å². The van der Waals surface area contributed by atoms with E-state index in [2.05, 4.69) is 25.6 Å². The van der Waals surface area contributed by atoms with E-state index in [0.29, 0.717) is 17.1 Å². The van der Waals surface area contributed by atoms with E-state index >= 15 is 0 Å². The van der Waals surface area contributed by atoms with Gasteiger partial charge in [-0.3, -0.25) is 9.78 Å². The molecule has 2 rings (SSSR count). The van der Waals surface area contributed by atoms with Gasteiger partial charge in [-0.15, -0.1) is 0 Å². The average molecular weight is 273 g/mol. The summed E-state index contributed by atoms with van der Waals surface area (Å²) in [6, 6.07) is 2.65. The van der Waals surface area contributed by atoms with Crippen LogP contribution in [0.25, 0.3) is 0 Å². The van der Waals surface area contributed by atoms with Gasteiger partial charge in [0.2, 0.25) is 0 Å². The van der Waals surface area contributed by atoms with Gasteiger partial charge >= 0.3 is 12.0 Å². The number of hydrogen-bond acceptors (Lipinski definition) is 5. The topological polar surface area (TPSA) is 117 Å². The fourth-order valence-electron chi connectivity index (χ4n) is 1.42. The normalized spacial score (nSPS) is 9.80. The molecule has 2 aromatic rings. The van der Waals surface area contributed by atoms with Gasteiger partial charge in [-0.1, -0.05) is 0 Å². The van der Waals surface area contributed by atoms with Gasteiger partial charge in [0.05, 0.1) is 42.1 Å². The number of carboxylic acids is 1. The molecular formula is C12H11N5O3. The molecule has 0 atom stereocenters. The minimum absolute atomic E-state index is 0.159. The number of pyridine rings is 1. The molecular weight excluding hydrogens is 262 g/mol. The number of anilines is 2. The lowest BCUT2D eigenvalue weighted by Crippen LogP contribution is -2.19. The second kappa shape index (κ2) is 6.23. The van der Waals surface area contributed by atoms with Crippen molar-refractivity contribution in [3.63, 3.8) is 0 Å². The molecule has 0 bridgehead atoms. The molecule has 0 aromatic carbocycles. The van der Waals surface area contributed by atoms with E-state index in [9.17, 15) is 9.59 Å². The first-order valence-corrected chi connectivity index (χ1v) is 5.63. The number of carboxylic acid groups (broad SMARTS) is 1. The molecule has 0 aliphatic carbocycles. The third kappa shape index (κ3) is 4.02. The van der Waals surface area contributed by atoms with Crippen molar-refractivity contribution in [2.75, 3.05) is 10.6 Å². The molecule has 0 aliphatic heterocycles. The summed E-state index contributed by atoms with van der Waals surface area (Å²) >= 11 is 0. The van der Waals surface area contributed by atoms with Gasteiger partial charge < -0.3 is 15.7 Å². The summed E-state index contributed by atoms with van der Waals surface area (Å²) in [5.41, 5.74) is 1.33. The largest absolute Gasteiger partial charge is 0.481 e. The Balaban J connectivity index is 1.93. The molecule has 0 aliphatic rings. The number of hydrogen-bond donors (Lipinski definition) is 3. The zero-order valence-electron chi connectivity index (χ0n) is 10.3. The number of carbonyl (C=O) groups excluding carboxylic acids is 1. The Kier molecular flexibility index (Phi) is 4.17. The van der Waals surface area contributed by atoms with Crippen molar-refractivity contribution in [2.24, 2.45) is 0 Å². The summed E-state index contributed by atoms with van der Waals surface area (Å²) in [6.45, 7) is 0. The molecule has 0 radical (unpaired) electrons. The van der Waals surface area contributed by atoms with Crippen LogP contribution in [0.4, 0.5) is 16.2 Å². The van der Waals surface area contributed by atoms with E-state index in [1.54, 1.807) is 6.07 Å². The van der Waals surface area contributed by atoms with Gasteiger partial charge in [0, 0.05) is 0 Å². The third-order valence-electron chi connectivity index (χ3n) is 2.23. The van der Waals surface area contributed by atoms with Crippen molar-refractivity contribution >= 4 is 23.4 Å². The highest BCUT2D eigenvalue weighted by molar-refractivity contribution is 5.99. The zero-order chi connectivity index (χ0) is 14.4. The summed E-state index contributed by atoms with van der Waals surface area (Å²) in [5, 5.41) is 13.7. The first-order chi connectivity index (χ1) is 9.63. The van der Waals surface area contributed by atoms with Gasteiger partial charge in [-0.2, -0.15) is 0 Å². The third-order valence-corrected chi connectivity index (χ3v) is 2.23. The van der Waals surface area contributed by atoms with Crippen molar-refractivity contribution in [1.82, 2.24) is 15.0 Å². The van der Waals surface area contributed by atoms with Gasteiger partial charge in [0.15, 0.2) is 0 Å². The summed E-state index contributed by atoms with van der Waals surface area (Å²) in [7, 11) is 0. The minimum Gasteiger partial charge on any atom is -0.481 e. The molecule has 2 amide bonds. The maximum absolute atomic E-state index is 11.6. The quantitative estimate of drug-likeness (QED) is 0.769. The van der Waals surface area contributed by atoms with E-state index in [4.69, 9.17) is 5.11 Å². The summed E-state index contributed by atoms with van der Waals surface area (Å²) < 4.78 is 0. The molecule has 0 saturated heterocycles. The second-order valence-electron chi connectivity index (χ2n) is 3.82. The molecule has 2 aromatic heterocycles. The second-order valence-corrected chi connectivity index (χ2v) is 3.82. The SMILES string of the molecule is O=C(O)Cc1ccc(NC(=O)Nc2cncnc2)cn1. The molecule has 8 heteroatoms. The molecule has 0 unspecified atom stereocenters. The Bertz CT molecular complexity index is 600. The Morgan fingerprint density at radius 3 is 2.35 bits per heavy atom. The van der Waals surface area contributed by atoms with Crippen LogP contribution in [0.1, 0.15) is 5.69 Å². The number of carbonyl (C=O) groups is 2. The van der Waals surface area contributed by atoms with Crippen LogP contribution < -0.4 is 10.6 Å². The van der Waals surface area contributed by atoms with E-state index in [1.807, 2.05) is 0 Å². The molecule has 8 nitrogen and oxygen atoms in total. The van der Waals surface area contributed by atoms with Crippen molar-refractivity contribution in [3.8, 4) is 0 Å². The van der Waals surface area contributed by atoms with Gasteiger partial charge in [0.25, 0.3) is 0 Å². The maximum atomic E-state index is 11.6. The van der Waals surface area contributed by atoms with E-state index in [0.717, 1.165) is 0 Å². The van der Waals surface area contributed by atoms with Crippen molar-refractivity contribution < 1.29 is 14.7 Å². The highest BCUT2D eigenvalue weighted by Gasteiger charge is 2.05. The molecule has 20 heavy (non-hydrogen) atoms. The van der Waals surface area contributed by atoms with E-state index < -0.39 is 12.0 Å². The highest BCUT2D eigenvalue weighted by Crippen LogP contribution is 2.08. The molecule has 3 N–H and O–H groups in total. The van der Waals surface area contributed by atoms with E-state index in [1.165, 1.54) is 31.0 Å². The molecule has 2 heterocycles. The fraction of sp³-hybridized carbons (Fsp3) is 0.0833.